The van der Waals surface area contributed by atoms with Crippen molar-refractivity contribution in [2.75, 3.05) is 19.6 Å². The summed E-state index contributed by atoms with van der Waals surface area (Å²) in [6, 6.07) is 10.3. The molecule has 0 radical (unpaired) electrons. The van der Waals surface area contributed by atoms with Crippen molar-refractivity contribution in [3.63, 3.8) is 0 Å². The second-order valence-electron chi connectivity index (χ2n) is 9.36. The fourth-order valence-electron chi connectivity index (χ4n) is 5.11. The van der Waals surface area contributed by atoms with E-state index in [0.29, 0.717) is 0 Å². The number of likely N-dealkylation sites (tertiary alicyclic amines) is 1. The van der Waals surface area contributed by atoms with Crippen molar-refractivity contribution in [1.29, 1.82) is 0 Å². The lowest BCUT2D eigenvalue weighted by atomic mass is 9.88. The molecule has 0 spiro atoms. The van der Waals surface area contributed by atoms with Gasteiger partial charge in [0, 0.05) is 30.4 Å². The maximum atomic E-state index is 12.8. The van der Waals surface area contributed by atoms with Gasteiger partial charge in [-0.3, -0.25) is 9.48 Å². The molecule has 1 saturated carbocycles. The molecule has 5 heteroatoms. The van der Waals surface area contributed by atoms with Crippen LogP contribution in [0.15, 0.2) is 30.3 Å². The van der Waals surface area contributed by atoms with E-state index in [9.17, 15) is 4.79 Å². The summed E-state index contributed by atoms with van der Waals surface area (Å²) in [5.74, 6) is 0.917. The van der Waals surface area contributed by atoms with E-state index < -0.39 is 0 Å². The van der Waals surface area contributed by atoms with Crippen LogP contribution in [-0.2, 0) is 6.54 Å². The van der Waals surface area contributed by atoms with Gasteiger partial charge in [-0.15, -0.1) is 0 Å². The largest absolute Gasteiger partial charge is 0.348 e. The fourth-order valence-corrected chi connectivity index (χ4v) is 5.11. The average Bonchev–Trinajstić information content (AvgIpc) is 3.06. The molecule has 162 valence electrons. The number of aromatic nitrogens is 2. The van der Waals surface area contributed by atoms with Crippen molar-refractivity contribution >= 4 is 5.91 Å². The maximum absolute atomic E-state index is 12.8. The van der Waals surface area contributed by atoms with E-state index in [0.717, 1.165) is 47.9 Å². The molecular formula is C25H36N4O. The van der Waals surface area contributed by atoms with Gasteiger partial charge in [0.25, 0.3) is 5.91 Å². The highest BCUT2D eigenvalue weighted by atomic mass is 16.1. The molecular weight excluding hydrogens is 372 g/mol. The quantitative estimate of drug-likeness (QED) is 0.774. The molecule has 2 aliphatic rings. The van der Waals surface area contributed by atoms with Gasteiger partial charge in [-0.25, -0.2) is 0 Å². The Morgan fingerprint density at radius 2 is 1.83 bits per heavy atom. The molecule has 4 rings (SSSR count). The predicted molar refractivity (Wildman–Crippen MR) is 121 cm³/mol. The third-order valence-corrected chi connectivity index (χ3v) is 6.73. The number of benzene rings is 1. The number of hydrogen-bond acceptors (Lipinski definition) is 3. The van der Waals surface area contributed by atoms with Crippen LogP contribution in [0, 0.1) is 19.8 Å². The molecule has 1 aliphatic heterocycles. The van der Waals surface area contributed by atoms with Crippen LogP contribution in [0.2, 0.25) is 0 Å². The first kappa shape index (κ1) is 21.1. The summed E-state index contributed by atoms with van der Waals surface area (Å²) >= 11 is 0. The molecule has 1 saturated heterocycles. The van der Waals surface area contributed by atoms with E-state index >= 15 is 0 Å². The smallest absolute Gasteiger partial charge is 0.251 e. The van der Waals surface area contributed by atoms with Gasteiger partial charge in [0.1, 0.15) is 0 Å². The molecule has 1 N–H and O–H groups in total. The topological polar surface area (TPSA) is 50.2 Å². The fraction of sp³-hybridized carbons (Fsp3) is 0.600. The Bertz CT molecular complexity index is 835. The van der Waals surface area contributed by atoms with Gasteiger partial charge in [0.15, 0.2) is 0 Å². The van der Waals surface area contributed by atoms with Crippen LogP contribution in [0.25, 0.3) is 0 Å². The zero-order valence-corrected chi connectivity index (χ0v) is 18.6. The van der Waals surface area contributed by atoms with E-state index in [4.69, 9.17) is 0 Å². The van der Waals surface area contributed by atoms with Crippen molar-refractivity contribution < 1.29 is 4.79 Å². The van der Waals surface area contributed by atoms with Gasteiger partial charge in [0.2, 0.25) is 0 Å². The first-order valence-electron chi connectivity index (χ1n) is 11.7. The second-order valence-corrected chi connectivity index (χ2v) is 9.36. The summed E-state index contributed by atoms with van der Waals surface area (Å²) < 4.78 is 2.01. The number of carbonyl (C=O) groups excluding carboxylic acids is 1. The molecule has 0 bridgehead atoms. The number of rotatable bonds is 6. The summed E-state index contributed by atoms with van der Waals surface area (Å²) in [6.07, 6.45) is 9.24. The minimum Gasteiger partial charge on any atom is -0.348 e. The minimum absolute atomic E-state index is 0.0529. The zero-order valence-electron chi connectivity index (χ0n) is 18.6. The maximum Gasteiger partial charge on any atom is 0.251 e. The van der Waals surface area contributed by atoms with Gasteiger partial charge < -0.3 is 10.2 Å². The van der Waals surface area contributed by atoms with Gasteiger partial charge >= 0.3 is 0 Å². The Hall–Kier alpha value is -2.14. The van der Waals surface area contributed by atoms with Crippen molar-refractivity contribution in [2.45, 2.75) is 71.4 Å². The van der Waals surface area contributed by atoms with E-state index in [1.807, 2.05) is 35.9 Å². The minimum atomic E-state index is 0.0529. The molecule has 1 atom stereocenters. The highest BCUT2D eigenvalue weighted by molar-refractivity contribution is 5.94. The van der Waals surface area contributed by atoms with Crippen molar-refractivity contribution in [1.82, 2.24) is 20.0 Å². The Morgan fingerprint density at radius 1 is 1.07 bits per heavy atom. The highest BCUT2D eigenvalue weighted by Crippen LogP contribution is 2.25. The Kier molecular flexibility index (Phi) is 6.88. The first-order valence-corrected chi connectivity index (χ1v) is 11.7. The van der Waals surface area contributed by atoms with Crippen molar-refractivity contribution in [3.8, 4) is 0 Å². The number of amides is 1. The second kappa shape index (κ2) is 9.78. The van der Waals surface area contributed by atoms with Crippen molar-refractivity contribution in [2.24, 2.45) is 5.92 Å². The summed E-state index contributed by atoms with van der Waals surface area (Å²) in [6.45, 7) is 8.22. The molecule has 5 nitrogen and oxygen atoms in total. The summed E-state index contributed by atoms with van der Waals surface area (Å²) in [7, 11) is 0. The lowest BCUT2D eigenvalue weighted by Crippen LogP contribution is -2.48. The van der Waals surface area contributed by atoms with Crippen LogP contribution in [0.3, 0.4) is 0 Å². The van der Waals surface area contributed by atoms with E-state index in [2.05, 4.69) is 28.3 Å². The van der Waals surface area contributed by atoms with Crippen LogP contribution < -0.4 is 5.32 Å². The Labute approximate surface area is 180 Å². The van der Waals surface area contributed by atoms with Gasteiger partial charge in [-0.2, -0.15) is 5.10 Å². The third kappa shape index (κ3) is 5.51. The average molecular weight is 409 g/mol. The molecule has 1 amide bonds. The van der Waals surface area contributed by atoms with Crippen molar-refractivity contribution in [3.05, 3.63) is 52.8 Å². The summed E-state index contributed by atoms with van der Waals surface area (Å²) in [4.78, 5) is 15.4. The van der Waals surface area contributed by atoms with Crippen LogP contribution >= 0.6 is 0 Å². The van der Waals surface area contributed by atoms with Gasteiger partial charge in [0.05, 0.1) is 12.2 Å². The molecule has 2 heterocycles. The SMILES string of the molecule is Cc1cc(C)n(Cc2ccc(C(=O)NC3CCCN(CC4CCCCC4)C3)cc2)n1. The number of piperidine rings is 1. The van der Waals surface area contributed by atoms with Gasteiger partial charge in [-0.1, -0.05) is 31.4 Å². The number of hydrogen-bond donors (Lipinski definition) is 1. The first-order chi connectivity index (χ1) is 14.6. The monoisotopic (exact) mass is 408 g/mol. The number of nitrogens with one attached hydrogen (secondary N) is 1. The van der Waals surface area contributed by atoms with Crippen LogP contribution in [-0.4, -0.2) is 46.3 Å². The number of nitrogens with zero attached hydrogens (tertiary/aromatic N) is 3. The molecule has 1 unspecified atom stereocenters. The molecule has 2 aromatic rings. The van der Waals surface area contributed by atoms with Crippen LogP contribution in [0.4, 0.5) is 0 Å². The molecule has 2 fully saturated rings. The van der Waals surface area contributed by atoms with Gasteiger partial charge in [-0.05, 0) is 75.8 Å². The normalized spacial score (nSPS) is 20.9. The molecule has 30 heavy (non-hydrogen) atoms. The number of aryl methyl sites for hydroxylation is 2. The Morgan fingerprint density at radius 3 is 2.53 bits per heavy atom. The standard InChI is InChI=1S/C25H36N4O/c1-19-15-20(2)29(27-19)17-22-10-12-23(13-11-22)25(30)26-24-9-6-14-28(18-24)16-21-7-4-3-5-8-21/h10-13,15,21,24H,3-9,14,16-18H2,1-2H3,(H,26,30). The van der Waals surface area contributed by atoms with E-state index in [1.165, 1.54) is 51.6 Å². The van der Waals surface area contributed by atoms with Crippen LogP contribution in [0.5, 0.6) is 0 Å². The van der Waals surface area contributed by atoms with E-state index in [-0.39, 0.29) is 11.9 Å². The highest BCUT2D eigenvalue weighted by Gasteiger charge is 2.24. The molecule has 1 aromatic heterocycles. The summed E-state index contributed by atoms with van der Waals surface area (Å²) in [5.41, 5.74) is 4.10. The molecule has 1 aliphatic carbocycles. The Balaban J connectivity index is 1.29. The van der Waals surface area contributed by atoms with Crippen LogP contribution in [0.1, 0.15) is 72.3 Å². The summed E-state index contributed by atoms with van der Waals surface area (Å²) in [5, 5.41) is 7.81. The number of carbonyl (C=O) groups is 1. The predicted octanol–water partition coefficient (Wildman–Crippen LogP) is 4.32. The third-order valence-electron chi connectivity index (χ3n) is 6.73. The van der Waals surface area contributed by atoms with E-state index in [1.54, 1.807) is 0 Å². The zero-order chi connectivity index (χ0) is 20.9. The molecule has 1 aromatic carbocycles. The lowest BCUT2D eigenvalue weighted by molar-refractivity contribution is 0.0890. The lowest BCUT2D eigenvalue weighted by Gasteiger charge is -2.36.